The Bertz CT molecular complexity index is 1170. The van der Waals surface area contributed by atoms with Crippen LogP contribution in [0.1, 0.15) is 36.2 Å². The normalized spacial score (nSPS) is 12.2. The van der Waals surface area contributed by atoms with E-state index in [-0.39, 0.29) is 23.2 Å². The second-order valence-corrected chi connectivity index (χ2v) is 8.91. The summed E-state index contributed by atoms with van der Waals surface area (Å²) in [7, 11) is -3.64. The van der Waals surface area contributed by atoms with Gasteiger partial charge in [0.1, 0.15) is 5.75 Å². The van der Waals surface area contributed by atoms with Gasteiger partial charge in [0, 0.05) is 24.3 Å². The molecule has 1 unspecified atom stereocenters. The summed E-state index contributed by atoms with van der Waals surface area (Å²) >= 11 is 0. The van der Waals surface area contributed by atoms with E-state index in [1.165, 1.54) is 42.6 Å². The quantitative estimate of drug-likeness (QED) is 0.506. The zero-order chi connectivity index (χ0) is 23.1. The Hall–Kier alpha value is -3.30. The number of carbonyl (C=O) groups excluding carboxylic acids is 1. The summed E-state index contributed by atoms with van der Waals surface area (Å²) in [6.07, 6.45) is 3.73. The van der Waals surface area contributed by atoms with Crippen molar-refractivity contribution in [3.63, 3.8) is 0 Å². The predicted octanol–water partition coefficient (Wildman–Crippen LogP) is 4.02. The molecule has 2 aromatic carbocycles. The molecular weight excluding hydrogens is 433 g/mol. The number of benzene rings is 2. The lowest BCUT2D eigenvalue weighted by molar-refractivity contribution is 0.0950. The third kappa shape index (κ3) is 6.12. The molecule has 0 bridgehead atoms. The van der Waals surface area contributed by atoms with Crippen molar-refractivity contribution >= 4 is 15.9 Å². The molecule has 1 aromatic heterocycles. The van der Waals surface area contributed by atoms with E-state index in [1.54, 1.807) is 31.3 Å². The molecule has 168 valence electrons. The predicted molar refractivity (Wildman–Crippen MR) is 118 cm³/mol. The Morgan fingerprint density at radius 1 is 1.16 bits per heavy atom. The average molecular weight is 458 g/mol. The number of aromatic nitrogens is 1. The molecule has 9 heteroatoms. The van der Waals surface area contributed by atoms with Gasteiger partial charge in [0.25, 0.3) is 5.91 Å². The van der Waals surface area contributed by atoms with Crippen LogP contribution in [0.5, 0.6) is 11.5 Å². The van der Waals surface area contributed by atoms with Crippen molar-refractivity contribution in [2.75, 3.05) is 0 Å². The first kappa shape index (κ1) is 23.4. The summed E-state index contributed by atoms with van der Waals surface area (Å²) in [5.74, 6) is -0.503. The second-order valence-electron chi connectivity index (χ2n) is 7.19. The highest BCUT2D eigenvalue weighted by atomic mass is 32.2. The number of sulfonamides is 1. The molecule has 0 saturated heterocycles. The molecule has 32 heavy (non-hydrogen) atoms. The number of nitrogens with zero attached hydrogens (tertiary/aromatic N) is 1. The monoisotopic (exact) mass is 457 g/mol. The van der Waals surface area contributed by atoms with Crippen LogP contribution in [-0.2, 0) is 16.6 Å². The number of nitrogens with one attached hydrogen (secondary N) is 2. The molecule has 0 radical (unpaired) electrons. The molecule has 2 N–H and O–H groups in total. The van der Waals surface area contributed by atoms with E-state index in [9.17, 15) is 17.6 Å². The van der Waals surface area contributed by atoms with Gasteiger partial charge in [-0.1, -0.05) is 13.0 Å². The Morgan fingerprint density at radius 2 is 1.91 bits per heavy atom. The smallest absolute Gasteiger partial charge is 0.251 e. The average Bonchev–Trinajstić information content (AvgIpc) is 2.79. The van der Waals surface area contributed by atoms with Crippen LogP contribution in [0, 0.1) is 5.82 Å². The minimum absolute atomic E-state index is 0.0517. The molecule has 3 rings (SSSR count). The highest BCUT2D eigenvalue weighted by Gasteiger charge is 2.17. The van der Waals surface area contributed by atoms with Crippen LogP contribution in [0.15, 0.2) is 71.9 Å². The molecule has 7 nitrogen and oxygen atoms in total. The van der Waals surface area contributed by atoms with Crippen molar-refractivity contribution in [2.45, 2.75) is 37.8 Å². The lowest BCUT2D eigenvalue weighted by Gasteiger charge is -2.12. The van der Waals surface area contributed by atoms with Gasteiger partial charge >= 0.3 is 0 Å². The highest BCUT2D eigenvalue weighted by molar-refractivity contribution is 7.89. The van der Waals surface area contributed by atoms with E-state index < -0.39 is 21.7 Å². The van der Waals surface area contributed by atoms with Gasteiger partial charge in [-0.15, -0.1) is 0 Å². The standard InChI is InChI=1S/C23H24FN3O4S/c1-3-16(2)27-32(29,30)20-9-7-18(8-10-20)23(28)26-14-17-6-11-22(21(24)13-17)31-19-5-4-12-25-15-19/h4-13,15-16,27H,3,14H2,1-2H3,(H,26,28). The van der Waals surface area contributed by atoms with Gasteiger partial charge in [-0.05, 0) is 67.4 Å². The summed E-state index contributed by atoms with van der Waals surface area (Å²) in [6, 6.07) is 13.2. The number of rotatable bonds is 9. The summed E-state index contributed by atoms with van der Waals surface area (Å²) in [4.78, 5) is 16.4. The first-order valence-corrected chi connectivity index (χ1v) is 11.5. The number of ether oxygens (including phenoxy) is 1. The van der Waals surface area contributed by atoms with E-state index in [4.69, 9.17) is 4.74 Å². The van der Waals surface area contributed by atoms with E-state index in [2.05, 4.69) is 15.0 Å². The highest BCUT2D eigenvalue weighted by Crippen LogP contribution is 2.24. The number of hydrogen-bond donors (Lipinski definition) is 2. The van der Waals surface area contributed by atoms with Gasteiger partial charge in [0.2, 0.25) is 10.0 Å². The maximum absolute atomic E-state index is 14.3. The largest absolute Gasteiger partial charge is 0.453 e. The topological polar surface area (TPSA) is 97.4 Å². The maximum Gasteiger partial charge on any atom is 0.251 e. The van der Waals surface area contributed by atoms with Crippen LogP contribution in [0.3, 0.4) is 0 Å². The Balaban J connectivity index is 1.60. The zero-order valence-corrected chi connectivity index (χ0v) is 18.5. The van der Waals surface area contributed by atoms with E-state index in [1.807, 2.05) is 6.92 Å². The van der Waals surface area contributed by atoms with Crippen molar-refractivity contribution in [1.82, 2.24) is 15.0 Å². The number of hydrogen-bond acceptors (Lipinski definition) is 5. The van der Waals surface area contributed by atoms with Crippen molar-refractivity contribution < 1.29 is 22.3 Å². The van der Waals surface area contributed by atoms with Crippen LogP contribution < -0.4 is 14.8 Å². The fraction of sp³-hybridized carbons (Fsp3) is 0.217. The molecule has 0 saturated carbocycles. The molecule has 0 fully saturated rings. The van der Waals surface area contributed by atoms with Gasteiger partial charge in [-0.2, -0.15) is 0 Å². The summed E-state index contributed by atoms with van der Waals surface area (Å²) < 4.78 is 47.0. The summed E-state index contributed by atoms with van der Waals surface area (Å²) in [5, 5.41) is 2.69. The van der Waals surface area contributed by atoms with Crippen molar-refractivity contribution in [1.29, 1.82) is 0 Å². The molecular formula is C23H24FN3O4S. The first-order valence-electron chi connectivity index (χ1n) is 10.1. The summed E-state index contributed by atoms with van der Waals surface area (Å²) in [6.45, 7) is 3.76. The van der Waals surface area contributed by atoms with Crippen LogP contribution in [0.4, 0.5) is 4.39 Å². The fourth-order valence-corrected chi connectivity index (χ4v) is 4.08. The molecule has 3 aromatic rings. The number of carbonyl (C=O) groups is 1. The lowest BCUT2D eigenvalue weighted by Crippen LogP contribution is -2.32. The van der Waals surface area contributed by atoms with Crippen molar-refractivity contribution in [3.8, 4) is 11.5 Å². The van der Waals surface area contributed by atoms with Crippen LogP contribution in [-0.4, -0.2) is 25.4 Å². The number of halogens is 1. The van der Waals surface area contributed by atoms with Crippen molar-refractivity contribution in [3.05, 3.63) is 83.9 Å². The van der Waals surface area contributed by atoms with Gasteiger partial charge in [-0.25, -0.2) is 17.5 Å². The first-order chi connectivity index (χ1) is 15.3. The van der Waals surface area contributed by atoms with Gasteiger partial charge in [0.05, 0.1) is 11.1 Å². The third-order valence-electron chi connectivity index (χ3n) is 4.71. The molecule has 0 aliphatic rings. The van der Waals surface area contributed by atoms with Gasteiger partial charge < -0.3 is 10.1 Å². The maximum atomic E-state index is 14.3. The molecule has 0 aliphatic heterocycles. The minimum Gasteiger partial charge on any atom is -0.453 e. The second kappa shape index (κ2) is 10.3. The molecule has 1 amide bonds. The van der Waals surface area contributed by atoms with E-state index in [0.29, 0.717) is 23.3 Å². The lowest BCUT2D eigenvalue weighted by atomic mass is 10.2. The van der Waals surface area contributed by atoms with Crippen LogP contribution >= 0.6 is 0 Å². The van der Waals surface area contributed by atoms with E-state index in [0.717, 1.165) is 0 Å². The Morgan fingerprint density at radius 3 is 2.53 bits per heavy atom. The Kier molecular flexibility index (Phi) is 7.55. The van der Waals surface area contributed by atoms with Crippen molar-refractivity contribution in [2.24, 2.45) is 0 Å². The molecule has 0 spiro atoms. The van der Waals surface area contributed by atoms with Gasteiger partial charge in [-0.3, -0.25) is 9.78 Å². The number of amides is 1. The molecule has 1 heterocycles. The molecule has 0 aliphatic carbocycles. The van der Waals surface area contributed by atoms with Crippen LogP contribution in [0.2, 0.25) is 0 Å². The third-order valence-corrected chi connectivity index (χ3v) is 6.31. The fourth-order valence-electron chi connectivity index (χ4n) is 2.76. The SMILES string of the molecule is CCC(C)NS(=O)(=O)c1ccc(C(=O)NCc2ccc(Oc3cccnc3)c(F)c2)cc1. The minimum atomic E-state index is -3.64. The summed E-state index contributed by atoms with van der Waals surface area (Å²) in [5.41, 5.74) is 0.843. The molecule has 1 atom stereocenters. The van der Waals surface area contributed by atoms with Crippen LogP contribution in [0.25, 0.3) is 0 Å². The van der Waals surface area contributed by atoms with E-state index >= 15 is 0 Å². The zero-order valence-electron chi connectivity index (χ0n) is 17.7. The van der Waals surface area contributed by atoms with Gasteiger partial charge in [0.15, 0.2) is 11.6 Å². The Labute approximate surface area is 186 Å². The number of pyridine rings is 1.